The van der Waals surface area contributed by atoms with Gasteiger partial charge in [-0.05, 0) is 27.7 Å². The van der Waals surface area contributed by atoms with Crippen LogP contribution in [0.3, 0.4) is 0 Å². The summed E-state index contributed by atoms with van der Waals surface area (Å²) in [7, 11) is 1.83. The molecule has 0 unspecified atom stereocenters. The molecule has 1 rings (SSSR count). The van der Waals surface area contributed by atoms with Gasteiger partial charge in [-0.1, -0.05) is 13.8 Å². The third kappa shape index (κ3) is 5.21. The van der Waals surface area contributed by atoms with Gasteiger partial charge in [0.1, 0.15) is 17.5 Å². The van der Waals surface area contributed by atoms with Gasteiger partial charge in [0.25, 0.3) is 0 Å². The summed E-state index contributed by atoms with van der Waals surface area (Å²) in [5.74, 6) is 2.40. The Morgan fingerprint density at radius 1 is 1.19 bits per heavy atom. The normalized spacial score (nSPS) is 11.4. The highest BCUT2D eigenvalue weighted by Crippen LogP contribution is 2.22. The van der Waals surface area contributed by atoms with E-state index in [4.69, 9.17) is 0 Å². The number of hydrogen-bond acceptors (Lipinski definition) is 5. The van der Waals surface area contributed by atoms with E-state index < -0.39 is 0 Å². The van der Waals surface area contributed by atoms with Crippen molar-refractivity contribution < 1.29 is 4.79 Å². The summed E-state index contributed by atoms with van der Waals surface area (Å²) in [6.07, 6.45) is 0. The summed E-state index contributed by atoms with van der Waals surface area (Å²) in [4.78, 5) is 20.9. The van der Waals surface area contributed by atoms with Gasteiger partial charge in [0.15, 0.2) is 0 Å². The van der Waals surface area contributed by atoms with Crippen LogP contribution in [0.15, 0.2) is 0 Å². The molecule has 0 atom stereocenters. The topological polar surface area (TPSA) is 78.9 Å². The second kappa shape index (κ2) is 6.74. The second-order valence-electron chi connectivity index (χ2n) is 6.46. The van der Waals surface area contributed by atoms with Gasteiger partial charge in [0.05, 0.1) is 6.54 Å². The van der Waals surface area contributed by atoms with E-state index in [0.29, 0.717) is 5.82 Å². The molecule has 0 saturated heterocycles. The minimum Gasteiger partial charge on any atom is -0.373 e. The van der Waals surface area contributed by atoms with Crippen molar-refractivity contribution in [1.29, 1.82) is 0 Å². The predicted molar refractivity (Wildman–Crippen MR) is 86.8 cm³/mol. The molecule has 0 aliphatic carbocycles. The second-order valence-corrected chi connectivity index (χ2v) is 6.46. The van der Waals surface area contributed by atoms with Crippen molar-refractivity contribution in [3.05, 3.63) is 11.4 Å². The standard InChI is InChI=1S/C15H27N5O/c1-9(2)12-18-13(16-7)10(3)14(19-12)17-8-11(21)20-15(4,5)6/h9H,8H2,1-7H3,(H,20,21)(H2,16,17,18,19). The van der Waals surface area contributed by atoms with Crippen LogP contribution in [-0.2, 0) is 4.79 Å². The minimum atomic E-state index is -0.237. The molecule has 0 fully saturated rings. The molecule has 0 spiro atoms. The smallest absolute Gasteiger partial charge is 0.239 e. The molecule has 21 heavy (non-hydrogen) atoms. The van der Waals surface area contributed by atoms with Crippen LogP contribution in [0.25, 0.3) is 0 Å². The lowest BCUT2D eigenvalue weighted by molar-refractivity contribution is -0.120. The molecule has 1 aromatic rings. The predicted octanol–water partition coefficient (Wildman–Crippen LogP) is 2.28. The maximum Gasteiger partial charge on any atom is 0.239 e. The maximum atomic E-state index is 11.9. The third-order valence-electron chi connectivity index (χ3n) is 2.85. The summed E-state index contributed by atoms with van der Waals surface area (Å²) in [6.45, 7) is 12.1. The van der Waals surface area contributed by atoms with E-state index in [1.165, 1.54) is 0 Å². The Bertz CT molecular complexity index is 506. The molecule has 0 bridgehead atoms. The number of carbonyl (C=O) groups is 1. The van der Waals surface area contributed by atoms with E-state index in [2.05, 4.69) is 25.9 Å². The minimum absolute atomic E-state index is 0.0578. The molecule has 3 N–H and O–H groups in total. The lowest BCUT2D eigenvalue weighted by Gasteiger charge is -2.21. The molecule has 0 aromatic carbocycles. The molecule has 1 aromatic heterocycles. The van der Waals surface area contributed by atoms with Crippen LogP contribution in [0.4, 0.5) is 11.6 Å². The summed E-state index contributed by atoms with van der Waals surface area (Å²) >= 11 is 0. The fourth-order valence-corrected chi connectivity index (χ4v) is 1.83. The number of carbonyl (C=O) groups excluding carboxylic acids is 1. The molecule has 6 nitrogen and oxygen atoms in total. The number of hydrogen-bond donors (Lipinski definition) is 3. The quantitative estimate of drug-likeness (QED) is 0.776. The van der Waals surface area contributed by atoms with Crippen LogP contribution in [0.2, 0.25) is 0 Å². The number of nitrogens with one attached hydrogen (secondary N) is 3. The van der Waals surface area contributed by atoms with E-state index in [-0.39, 0.29) is 23.9 Å². The van der Waals surface area contributed by atoms with Crippen LogP contribution in [0.5, 0.6) is 0 Å². The van der Waals surface area contributed by atoms with Crippen molar-refractivity contribution in [1.82, 2.24) is 15.3 Å². The first-order valence-corrected chi connectivity index (χ1v) is 7.25. The highest BCUT2D eigenvalue weighted by atomic mass is 16.2. The lowest BCUT2D eigenvalue weighted by atomic mass is 10.1. The Balaban J connectivity index is 2.87. The molecule has 118 valence electrons. The van der Waals surface area contributed by atoms with E-state index >= 15 is 0 Å². The van der Waals surface area contributed by atoms with Crippen molar-refractivity contribution in [3.63, 3.8) is 0 Å². The molecular formula is C15H27N5O. The van der Waals surface area contributed by atoms with Crippen molar-refractivity contribution >= 4 is 17.5 Å². The fourth-order valence-electron chi connectivity index (χ4n) is 1.83. The van der Waals surface area contributed by atoms with Crippen LogP contribution >= 0.6 is 0 Å². The first-order chi connectivity index (χ1) is 9.64. The van der Waals surface area contributed by atoms with Crippen molar-refractivity contribution in [2.45, 2.75) is 53.0 Å². The first kappa shape index (κ1) is 17.2. The first-order valence-electron chi connectivity index (χ1n) is 7.25. The van der Waals surface area contributed by atoms with Gasteiger partial charge >= 0.3 is 0 Å². The largest absolute Gasteiger partial charge is 0.373 e. The lowest BCUT2D eigenvalue weighted by Crippen LogP contribution is -2.43. The number of rotatable bonds is 5. The Morgan fingerprint density at radius 2 is 1.76 bits per heavy atom. The van der Waals surface area contributed by atoms with Crippen LogP contribution < -0.4 is 16.0 Å². The van der Waals surface area contributed by atoms with E-state index in [1.54, 1.807) is 0 Å². The molecular weight excluding hydrogens is 266 g/mol. The van der Waals surface area contributed by atoms with Gasteiger partial charge in [-0.2, -0.15) is 0 Å². The zero-order chi connectivity index (χ0) is 16.2. The highest BCUT2D eigenvalue weighted by Gasteiger charge is 2.16. The van der Waals surface area contributed by atoms with E-state index in [0.717, 1.165) is 17.2 Å². The highest BCUT2D eigenvalue weighted by molar-refractivity contribution is 5.81. The van der Waals surface area contributed by atoms with Gasteiger partial charge in [-0.15, -0.1) is 0 Å². The number of aromatic nitrogens is 2. The van der Waals surface area contributed by atoms with Gasteiger partial charge in [-0.3, -0.25) is 4.79 Å². The zero-order valence-corrected chi connectivity index (χ0v) is 14.1. The van der Waals surface area contributed by atoms with E-state index in [1.807, 2.05) is 48.6 Å². The maximum absolute atomic E-state index is 11.9. The van der Waals surface area contributed by atoms with Crippen molar-refractivity contribution in [3.8, 4) is 0 Å². The van der Waals surface area contributed by atoms with Crippen molar-refractivity contribution in [2.75, 3.05) is 24.2 Å². The number of nitrogens with zero attached hydrogens (tertiary/aromatic N) is 2. The molecule has 6 heteroatoms. The van der Waals surface area contributed by atoms with Gasteiger partial charge in [-0.25, -0.2) is 9.97 Å². The molecule has 0 radical (unpaired) electrons. The average molecular weight is 293 g/mol. The monoisotopic (exact) mass is 293 g/mol. The summed E-state index contributed by atoms with van der Waals surface area (Å²) in [6, 6.07) is 0. The van der Waals surface area contributed by atoms with Gasteiger partial charge in [0, 0.05) is 24.1 Å². The van der Waals surface area contributed by atoms with E-state index in [9.17, 15) is 4.79 Å². The summed E-state index contributed by atoms with van der Waals surface area (Å²) < 4.78 is 0. The summed E-state index contributed by atoms with van der Waals surface area (Å²) in [5.41, 5.74) is 0.670. The Morgan fingerprint density at radius 3 is 2.24 bits per heavy atom. The number of anilines is 2. The third-order valence-corrected chi connectivity index (χ3v) is 2.85. The van der Waals surface area contributed by atoms with Gasteiger partial charge < -0.3 is 16.0 Å². The Kier molecular flexibility index (Phi) is 5.52. The van der Waals surface area contributed by atoms with Crippen LogP contribution in [0, 0.1) is 6.92 Å². The fraction of sp³-hybridized carbons (Fsp3) is 0.667. The zero-order valence-electron chi connectivity index (χ0n) is 14.1. The number of amides is 1. The SMILES string of the molecule is CNc1nc(C(C)C)nc(NCC(=O)NC(C)(C)C)c1C. The average Bonchev–Trinajstić information content (AvgIpc) is 2.35. The Labute approximate surface area is 127 Å². The summed E-state index contributed by atoms with van der Waals surface area (Å²) in [5, 5.41) is 9.08. The molecule has 1 amide bonds. The molecule has 0 saturated carbocycles. The van der Waals surface area contributed by atoms with Crippen LogP contribution in [0.1, 0.15) is 51.9 Å². The van der Waals surface area contributed by atoms with Crippen molar-refractivity contribution in [2.24, 2.45) is 0 Å². The van der Waals surface area contributed by atoms with Crippen LogP contribution in [-0.4, -0.2) is 35.0 Å². The molecule has 0 aliphatic rings. The Hall–Kier alpha value is -1.85. The molecule has 1 heterocycles. The molecule has 0 aliphatic heterocycles. The van der Waals surface area contributed by atoms with Gasteiger partial charge in [0.2, 0.25) is 5.91 Å².